The summed E-state index contributed by atoms with van der Waals surface area (Å²) in [7, 11) is 0. The molecule has 0 aromatic heterocycles. The van der Waals surface area contributed by atoms with Crippen molar-refractivity contribution in [2.45, 2.75) is 32.1 Å². The predicted molar refractivity (Wildman–Crippen MR) is 67.0 cm³/mol. The van der Waals surface area contributed by atoms with Gasteiger partial charge >= 0.3 is 0 Å². The van der Waals surface area contributed by atoms with Crippen LogP contribution in [0, 0.1) is 17.0 Å². The molecule has 0 saturated heterocycles. The first-order valence-electron chi connectivity index (χ1n) is 5.68. The molecule has 0 bridgehead atoms. The molecule has 0 spiro atoms. The van der Waals surface area contributed by atoms with Gasteiger partial charge in [0.15, 0.2) is 11.6 Å². The van der Waals surface area contributed by atoms with Gasteiger partial charge in [-0.1, -0.05) is 26.0 Å². The summed E-state index contributed by atoms with van der Waals surface area (Å²) in [5.41, 5.74) is 1.82. The lowest BCUT2D eigenvalue weighted by Crippen LogP contribution is -2.21. The maximum Gasteiger partial charge on any atom is 0.159 e. The number of halogens is 3. The zero-order valence-electron chi connectivity index (χ0n) is 9.93. The van der Waals surface area contributed by atoms with Gasteiger partial charge in [-0.3, -0.25) is 0 Å². The first-order valence-corrected chi connectivity index (χ1v) is 6.11. The van der Waals surface area contributed by atoms with Crippen molar-refractivity contribution in [3.05, 3.63) is 41.5 Å². The maximum absolute atomic E-state index is 13.2. The van der Waals surface area contributed by atoms with Gasteiger partial charge in [-0.15, -0.1) is 11.6 Å². The molecule has 2 rings (SSSR count). The Balaban J connectivity index is 2.36. The van der Waals surface area contributed by atoms with E-state index >= 15 is 0 Å². The maximum atomic E-state index is 13.2. The smallest absolute Gasteiger partial charge is 0.159 e. The SMILES string of the molecule is CC1(C)CC(c2ccc(F)c(F)c2)=CC(Cl)C1. The summed E-state index contributed by atoms with van der Waals surface area (Å²) in [6.07, 6.45) is 3.68. The topological polar surface area (TPSA) is 0 Å². The van der Waals surface area contributed by atoms with Crippen LogP contribution < -0.4 is 0 Å². The molecule has 0 amide bonds. The number of benzene rings is 1. The van der Waals surface area contributed by atoms with Gasteiger partial charge in [0.1, 0.15) is 0 Å². The molecule has 1 aromatic carbocycles. The third kappa shape index (κ3) is 2.86. The van der Waals surface area contributed by atoms with Crippen molar-refractivity contribution in [1.82, 2.24) is 0 Å². The molecule has 92 valence electrons. The first-order chi connectivity index (χ1) is 7.87. The minimum absolute atomic E-state index is 0.0399. The average Bonchev–Trinajstić information content (AvgIpc) is 2.19. The van der Waals surface area contributed by atoms with E-state index < -0.39 is 11.6 Å². The van der Waals surface area contributed by atoms with Crippen molar-refractivity contribution in [3.63, 3.8) is 0 Å². The Morgan fingerprint density at radius 2 is 1.94 bits per heavy atom. The second kappa shape index (κ2) is 4.41. The van der Waals surface area contributed by atoms with Crippen LogP contribution in [0.3, 0.4) is 0 Å². The van der Waals surface area contributed by atoms with E-state index in [9.17, 15) is 8.78 Å². The highest BCUT2D eigenvalue weighted by Gasteiger charge is 2.28. The highest BCUT2D eigenvalue weighted by Crippen LogP contribution is 2.41. The third-order valence-corrected chi connectivity index (χ3v) is 3.37. The summed E-state index contributed by atoms with van der Waals surface area (Å²) in [5.74, 6) is -1.62. The minimum atomic E-state index is -0.813. The number of rotatable bonds is 1. The number of alkyl halides is 1. The molecular weight excluding hydrogens is 242 g/mol. The Kier molecular flexibility index (Phi) is 3.26. The van der Waals surface area contributed by atoms with E-state index in [4.69, 9.17) is 11.6 Å². The van der Waals surface area contributed by atoms with Gasteiger partial charge < -0.3 is 0 Å². The van der Waals surface area contributed by atoms with Crippen LogP contribution in [0.2, 0.25) is 0 Å². The lowest BCUT2D eigenvalue weighted by molar-refractivity contribution is 0.340. The highest BCUT2D eigenvalue weighted by molar-refractivity contribution is 6.22. The molecule has 17 heavy (non-hydrogen) atoms. The first kappa shape index (κ1) is 12.6. The number of hydrogen-bond donors (Lipinski definition) is 0. The van der Waals surface area contributed by atoms with Crippen LogP contribution in [0.5, 0.6) is 0 Å². The number of hydrogen-bond acceptors (Lipinski definition) is 0. The molecule has 1 aromatic rings. The van der Waals surface area contributed by atoms with Gasteiger partial charge in [0.25, 0.3) is 0 Å². The van der Waals surface area contributed by atoms with Crippen molar-refractivity contribution >= 4 is 17.2 Å². The zero-order valence-corrected chi connectivity index (χ0v) is 10.7. The average molecular weight is 257 g/mol. The van der Waals surface area contributed by atoms with Gasteiger partial charge in [0.05, 0.1) is 5.38 Å². The van der Waals surface area contributed by atoms with Crippen molar-refractivity contribution in [2.75, 3.05) is 0 Å². The van der Waals surface area contributed by atoms with Crippen LogP contribution in [0.4, 0.5) is 8.78 Å². The van der Waals surface area contributed by atoms with Crippen LogP contribution in [-0.2, 0) is 0 Å². The second-order valence-electron chi connectivity index (χ2n) is 5.38. The van der Waals surface area contributed by atoms with Gasteiger partial charge in [-0.25, -0.2) is 8.78 Å². The van der Waals surface area contributed by atoms with Crippen molar-refractivity contribution in [1.29, 1.82) is 0 Å². The van der Waals surface area contributed by atoms with E-state index in [1.807, 2.05) is 6.08 Å². The van der Waals surface area contributed by atoms with Crippen molar-refractivity contribution in [2.24, 2.45) is 5.41 Å². The fourth-order valence-corrected chi connectivity index (χ4v) is 2.92. The van der Waals surface area contributed by atoms with Crippen LogP contribution in [0.1, 0.15) is 32.3 Å². The van der Waals surface area contributed by atoms with E-state index in [-0.39, 0.29) is 10.8 Å². The van der Waals surface area contributed by atoms with Crippen LogP contribution in [-0.4, -0.2) is 5.38 Å². The molecule has 0 N–H and O–H groups in total. The Morgan fingerprint density at radius 1 is 1.24 bits per heavy atom. The Hall–Kier alpha value is -0.890. The molecule has 1 unspecified atom stereocenters. The molecule has 0 radical (unpaired) electrons. The largest absolute Gasteiger partial charge is 0.204 e. The normalized spacial score (nSPS) is 23.4. The van der Waals surface area contributed by atoms with Crippen LogP contribution in [0.15, 0.2) is 24.3 Å². The molecule has 0 heterocycles. The molecule has 1 aliphatic carbocycles. The molecule has 0 aliphatic heterocycles. The summed E-state index contributed by atoms with van der Waals surface area (Å²) in [5, 5.41) is -0.0399. The van der Waals surface area contributed by atoms with E-state index in [1.165, 1.54) is 6.07 Å². The molecule has 0 fully saturated rings. The molecule has 3 heteroatoms. The fourth-order valence-electron chi connectivity index (χ4n) is 2.35. The lowest BCUT2D eigenvalue weighted by Gasteiger charge is -2.32. The summed E-state index contributed by atoms with van der Waals surface area (Å²) in [4.78, 5) is 0. The Bertz CT molecular complexity index is 463. The van der Waals surface area contributed by atoms with Crippen LogP contribution >= 0.6 is 11.6 Å². The molecule has 0 nitrogen and oxygen atoms in total. The monoisotopic (exact) mass is 256 g/mol. The standard InChI is InChI=1S/C14H15ClF2/c1-14(2)7-10(5-11(15)8-14)9-3-4-12(16)13(17)6-9/h3-6,11H,7-8H2,1-2H3. The summed E-state index contributed by atoms with van der Waals surface area (Å²) < 4.78 is 26.1. The van der Waals surface area contributed by atoms with Gasteiger partial charge in [-0.05, 0) is 41.5 Å². The Morgan fingerprint density at radius 3 is 2.53 bits per heavy atom. The minimum Gasteiger partial charge on any atom is -0.204 e. The van der Waals surface area contributed by atoms with Crippen molar-refractivity contribution < 1.29 is 8.78 Å². The third-order valence-electron chi connectivity index (χ3n) is 3.09. The highest BCUT2D eigenvalue weighted by atomic mass is 35.5. The van der Waals surface area contributed by atoms with Gasteiger partial charge in [0, 0.05) is 0 Å². The lowest BCUT2D eigenvalue weighted by atomic mass is 9.75. The zero-order chi connectivity index (χ0) is 12.6. The summed E-state index contributed by atoms with van der Waals surface area (Å²) in [6, 6.07) is 4.01. The van der Waals surface area contributed by atoms with E-state index in [1.54, 1.807) is 6.07 Å². The molecular formula is C14H15ClF2. The summed E-state index contributed by atoms with van der Waals surface area (Å²) in [6.45, 7) is 4.27. The van der Waals surface area contributed by atoms with E-state index in [0.717, 1.165) is 30.0 Å². The molecule has 1 atom stereocenters. The second-order valence-corrected chi connectivity index (χ2v) is 5.94. The summed E-state index contributed by atoms with van der Waals surface area (Å²) >= 11 is 6.17. The van der Waals surface area contributed by atoms with E-state index in [2.05, 4.69) is 13.8 Å². The quantitative estimate of drug-likeness (QED) is 0.635. The predicted octanol–water partition coefficient (Wildman–Crippen LogP) is 4.78. The Labute approximate surface area is 105 Å². The van der Waals surface area contributed by atoms with Gasteiger partial charge in [-0.2, -0.15) is 0 Å². The van der Waals surface area contributed by atoms with Gasteiger partial charge in [0.2, 0.25) is 0 Å². The van der Waals surface area contributed by atoms with E-state index in [0.29, 0.717) is 0 Å². The van der Waals surface area contributed by atoms with Crippen molar-refractivity contribution in [3.8, 4) is 0 Å². The molecule has 0 saturated carbocycles. The fraction of sp³-hybridized carbons (Fsp3) is 0.429. The number of allylic oxidation sites excluding steroid dienone is 2. The van der Waals surface area contributed by atoms with Crippen LogP contribution in [0.25, 0.3) is 5.57 Å². The molecule has 1 aliphatic rings.